The SMILES string of the molecule is COc1ccc([C@@H](NC(=O)COCc2nc3ccccc3s2)c2nccn2C)cc1. The minimum atomic E-state index is -0.394. The van der Waals surface area contributed by atoms with Crippen LogP contribution in [0.3, 0.4) is 0 Å². The Kier molecular flexibility index (Phi) is 6.06. The maximum absolute atomic E-state index is 12.6. The fourth-order valence-corrected chi connectivity index (χ4v) is 4.07. The molecule has 1 amide bonds. The molecule has 0 aliphatic rings. The first-order valence-corrected chi connectivity index (χ1v) is 10.3. The number of hydrogen-bond donors (Lipinski definition) is 1. The molecule has 2 aromatic heterocycles. The van der Waals surface area contributed by atoms with Crippen molar-refractivity contribution < 1.29 is 14.3 Å². The van der Waals surface area contributed by atoms with Gasteiger partial charge in [-0.3, -0.25) is 4.79 Å². The number of nitrogens with zero attached hydrogens (tertiary/aromatic N) is 3. The van der Waals surface area contributed by atoms with Gasteiger partial charge in [0.15, 0.2) is 0 Å². The summed E-state index contributed by atoms with van der Waals surface area (Å²) in [6.07, 6.45) is 3.56. The van der Waals surface area contributed by atoms with E-state index in [0.717, 1.165) is 32.4 Å². The minimum Gasteiger partial charge on any atom is -0.497 e. The van der Waals surface area contributed by atoms with Gasteiger partial charge in [-0.15, -0.1) is 11.3 Å². The second kappa shape index (κ2) is 9.06. The third-order valence-corrected chi connectivity index (χ3v) is 5.68. The Hall–Kier alpha value is -3.23. The van der Waals surface area contributed by atoms with E-state index in [2.05, 4.69) is 15.3 Å². The Morgan fingerprint density at radius 1 is 1.20 bits per heavy atom. The number of carbonyl (C=O) groups is 1. The molecule has 0 aliphatic heterocycles. The summed E-state index contributed by atoms with van der Waals surface area (Å²) in [5, 5.41) is 3.87. The van der Waals surface area contributed by atoms with Crippen LogP contribution in [0.1, 0.15) is 22.4 Å². The second-order valence-electron chi connectivity index (χ2n) is 6.74. The molecule has 1 atom stereocenters. The second-order valence-corrected chi connectivity index (χ2v) is 7.85. The quantitative estimate of drug-likeness (QED) is 0.471. The number of aryl methyl sites for hydroxylation is 1. The predicted octanol–water partition coefficient (Wildman–Crippen LogP) is 3.46. The van der Waals surface area contributed by atoms with Crippen molar-refractivity contribution in [1.82, 2.24) is 19.9 Å². The number of ether oxygens (including phenoxy) is 2. The molecule has 4 aromatic rings. The maximum Gasteiger partial charge on any atom is 0.246 e. The highest BCUT2D eigenvalue weighted by Gasteiger charge is 2.21. The van der Waals surface area contributed by atoms with Gasteiger partial charge >= 0.3 is 0 Å². The van der Waals surface area contributed by atoms with Gasteiger partial charge in [0.1, 0.15) is 29.2 Å². The number of aromatic nitrogens is 3. The standard InChI is InChI=1S/C22H22N4O3S/c1-26-12-11-23-22(26)21(15-7-9-16(28-2)10-8-15)25-19(27)13-29-14-20-24-17-5-3-4-6-18(17)30-20/h3-12,21H,13-14H2,1-2H3,(H,25,27)/t21-/m1/s1. The molecule has 154 valence electrons. The molecular formula is C22H22N4O3S. The van der Waals surface area contributed by atoms with E-state index >= 15 is 0 Å². The zero-order chi connectivity index (χ0) is 20.9. The average molecular weight is 423 g/mol. The molecule has 7 nitrogen and oxygen atoms in total. The molecule has 2 heterocycles. The van der Waals surface area contributed by atoms with E-state index in [9.17, 15) is 4.79 Å². The normalized spacial score (nSPS) is 12.1. The van der Waals surface area contributed by atoms with Crippen LogP contribution in [0.15, 0.2) is 60.9 Å². The first-order chi connectivity index (χ1) is 14.6. The van der Waals surface area contributed by atoms with Gasteiger partial charge in [0.2, 0.25) is 5.91 Å². The molecule has 8 heteroatoms. The number of imidazole rings is 1. The molecule has 0 fully saturated rings. The van der Waals surface area contributed by atoms with Gasteiger partial charge in [-0.1, -0.05) is 24.3 Å². The molecule has 1 N–H and O–H groups in total. The van der Waals surface area contributed by atoms with Crippen LogP contribution in [-0.2, 0) is 23.2 Å². The number of benzene rings is 2. The Balaban J connectivity index is 1.41. The van der Waals surface area contributed by atoms with E-state index in [1.165, 1.54) is 0 Å². The molecule has 4 rings (SSSR count). The molecule has 0 radical (unpaired) electrons. The maximum atomic E-state index is 12.6. The lowest BCUT2D eigenvalue weighted by Crippen LogP contribution is -2.33. The van der Waals surface area contributed by atoms with Crippen LogP contribution in [0.4, 0.5) is 0 Å². The Morgan fingerprint density at radius 2 is 2.00 bits per heavy atom. The zero-order valence-electron chi connectivity index (χ0n) is 16.7. The zero-order valence-corrected chi connectivity index (χ0v) is 17.6. The van der Waals surface area contributed by atoms with Gasteiger partial charge in [-0.2, -0.15) is 0 Å². The van der Waals surface area contributed by atoms with Gasteiger partial charge < -0.3 is 19.4 Å². The molecule has 0 unspecified atom stereocenters. The number of nitrogens with one attached hydrogen (secondary N) is 1. The lowest BCUT2D eigenvalue weighted by Gasteiger charge is -2.19. The van der Waals surface area contributed by atoms with Crippen molar-refractivity contribution in [3.63, 3.8) is 0 Å². The predicted molar refractivity (Wildman–Crippen MR) is 115 cm³/mol. The smallest absolute Gasteiger partial charge is 0.246 e. The topological polar surface area (TPSA) is 78.3 Å². The summed E-state index contributed by atoms with van der Waals surface area (Å²) in [5.74, 6) is 1.27. The third kappa shape index (κ3) is 4.50. The van der Waals surface area contributed by atoms with Crippen molar-refractivity contribution in [3.8, 4) is 5.75 Å². The largest absolute Gasteiger partial charge is 0.497 e. The number of carbonyl (C=O) groups excluding carboxylic acids is 1. The Labute approximate surface area is 178 Å². The number of methoxy groups -OCH3 is 1. The van der Waals surface area contributed by atoms with Crippen LogP contribution in [0.2, 0.25) is 0 Å². The summed E-state index contributed by atoms with van der Waals surface area (Å²) >= 11 is 1.57. The first-order valence-electron chi connectivity index (χ1n) is 9.47. The lowest BCUT2D eigenvalue weighted by atomic mass is 10.1. The third-order valence-electron chi connectivity index (χ3n) is 4.67. The fraction of sp³-hybridized carbons (Fsp3) is 0.227. The van der Waals surface area contributed by atoms with Gasteiger partial charge in [0, 0.05) is 19.4 Å². The minimum absolute atomic E-state index is 0.0625. The number of hydrogen-bond acceptors (Lipinski definition) is 6. The van der Waals surface area contributed by atoms with Crippen LogP contribution in [0.25, 0.3) is 10.2 Å². The molecule has 30 heavy (non-hydrogen) atoms. The van der Waals surface area contributed by atoms with Gasteiger partial charge in [-0.05, 0) is 29.8 Å². The molecule has 0 aliphatic carbocycles. The summed E-state index contributed by atoms with van der Waals surface area (Å²) in [6, 6.07) is 15.1. The van der Waals surface area contributed by atoms with Gasteiger partial charge in [0.25, 0.3) is 0 Å². The number of rotatable bonds is 8. The average Bonchev–Trinajstić information content (AvgIpc) is 3.37. The van der Waals surface area contributed by atoms with E-state index in [1.807, 2.05) is 66.3 Å². The Morgan fingerprint density at radius 3 is 2.70 bits per heavy atom. The number of thiazole rings is 1. The van der Waals surface area contributed by atoms with E-state index < -0.39 is 6.04 Å². The fourth-order valence-electron chi connectivity index (χ4n) is 3.16. The molecule has 0 bridgehead atoms. The van der Waals surface area contributed by atoms with Gasteiger partial charge in [0.05, 0.1) is 23.9 Å². The molecule has 2 aromatic carbocycles. The molecular weight excluding hydrogens is 400 g/mol. The monoisotopic (exact) mass is 422 g/mol. The van der Waals surface area contributed by atoms with E-state index in [4.69, 9.17) is 9.47 Å². The highest BCUT2D eigenvalue weighted by atomic mass is 32.1. The Bertz CT molecular complexity index is 1100. The number of para-hydroxylation sites is 1. The van der Waals surface area contributed by atoms with Crippen molar-refractivity contribution >= 4 is 27.5 Å². The highest BCUT2D eigenvalue weighted by molar-refractivity contribution is 7.18. The summed E-state index contributed by atoms with van der Waals surface area (Å²) in [4.78, 5) is 21.5. The van der Waals surface area contributed by atoms with E-state index in [-0.39, 0.29) is 12.5 Å². The van der Waals surface area contributed by atoms with Crippen LogP contribution < -0.4 is 10.1 Å². The molecule has 0 saturated carbocycles. The van der Waals surface area contributed by atoms with Crippen LogP contribution in [-0.4, -0.2) is 34.2 Å². The number of fused-ring (bicyclic) bond motifs is 1. The van der Waals surface area contributed by atoms with Crippen molar-refractivity contribution in [2.75, 3.05) is 13.7 Å². The van der Waals surface area contributed by atoms with Gasteiger partial charge in [-0.25, -0.2) is 9.97 Å². The summed E-state index contributed by atoms with van der Waals surface area (Å²) in [7, 11) is 3.52. The summed E-state index contributed by atoms with van der Waals surface area (Å²) < 4.78 is 13.8. The van der Waals surface area contributed by atoms with Crippen molar-refractivity contribution in [3.05, 3.63) is 77.3 Å². The summed E-state index contributed by atoms with van der Waals surface area (Å²) in [6.45, 7) is 0.232. The van der Waals surface area contributed by atoms with Crippen LogP contribution >= 0.6 is 11.3 Å². The highest BCUT2D eigenvalue weighted by Crippen LogP contribution is 2.24. The van der Waals surface area contributed by atoms with Crippen molar-refractivity contribution in [2.24, 2.45) is 7.05 Å². The van der Waals surface area contributed by atoms with Crippen molar-refractivity contribution in [2.45, 2.75) is 12.6 Å². The molecule has 0 saturated heterocycles. The summed E-state index contributed by atoms with van der Waals surface area (Å²) in [5.41, 5.74) is 1.85. The number of amides is 1. The lowest BCUT2D eigenvalue weighted by molar-refractivity contribution is -0.126. The van der Waals surface area contributed by atoms with Crippen LogP contribution in [0, 0.1) is 0 Å². The molecule has 0 spiro atoms. The first kappa shape index (κ1) is 20.1. The van der Waals surface area contributed by atoms with E-state index in [1.54, 1.807) is 24.6 Å². The van der Waals surface area contributed by atoms with E-state index in [0.29, 0.717) is 6.61 Å². The van der Waals surface area contributed by atoms with Crippen molar-refractivity contribution in [1.29, 1.82) is 0 Å². The van der Waals surface area contributed by atoms with Crippen LogP contribution in [0.5, 0.6) is 5.75 Å².